The van der Waals surface area contributed by atoms with Crippen LogP contribution in [0.4, 0.5) is 0 Å². The first-order valence-electron chi connectivity index (χ1n) is 11.3. The molecule has 31 heavy (non-hydrogen) atoms. The largest absolute Gasteiger partial charge is 0.494 e. The highest BCUT2D eigenvalue weighted by Gasteiger charge is 2.22. The van der Waals surface area contributed by atoms with Crippen LogP contribution in [-0.2, 0) is 17.8 Å². The minimum Gasteiger partial charge on any atom is -0.494 e. The van der Waals surface area contributed by atoms with Gasteiger partial charge in [-0.15, -0.1) is 0 Å². The molecule has 7 nitrogen and oxygen atoms in total. The van der Waals surface area contributed by atoms with Crippen LogP contribution in [-0.4, -0.2) is 47.7 Å². The zero-order valence-corrected chi connectivity index (χ0v) is 19.1. The molecule has 1 aromatic heterocycles. The third kappa shape index (κ3) is 6.80. The highest BCUT2D eigenvalue weighted by Crippen LogP contribution is 2.20. The average Bonchev–Trinajstić information content (AvgIpc) is 3.44. The second kappa shape index (κ2) is 11.3. The Morgan fingerprint density at radius 3 is 2.68 bits per heavy atom. The Morgan fingerprint density at radius 1 is 1.26 bits per heavy atom. The first-order valence-corrected chi connectivity index (χ1v) is 11.3. The molecule has 0 unspecified atom stereocenters. The van der Waals surface area contributed by atoms with Crippen molar-refractivity contribution in [3.8, 4) is 5.75 Å². The van der Waals surface area contributed by atoms with Crippen LogP contribution in [0.1, 0.15) is 62.5 Å². The normalized spacial score (nSPS) is 17.3. The Kier molecular flexibility index (Phi) is 8.49. The van der Waals surface area contributed by atoms with Crippen molar-refractivity contribution in [1.29, 1.82) is 0 Å². The summed E-state index contributed by atoms with van der Waals surface area (Å²) in [5, 5.41) is 2.89. The predicted molar refractivity (Wildman–Crippen MR) is 119 cm³/mol. The van der Waals surface area contributed by atoms with Crippen LogP contribution in [0, 0.1) is 5.92 Å². The summed E-state index contributed by atoms with van der Waals surface area (Å²) < 4.78 is 16.7. The molecule has 1 saturated heterocycles. The van der Waals surface area contributed by atoms with Gasteiger partial charge in [-0.3, -0.25) is 9.69 Å². The van der Waals surface area contributed by atoms with Crippen LogP contribution in [0.15, 0.2) is 34.9 Å². The summed E-state index contributed by atoms with van der Waals surface area (Å²) in [6.07, 6.45) is 3.58. The van der Waals surface area contributed by atoms with Gasteiger partial charge in [0.1, 0.15) is 12.0 Å². The number of hydrogen-bond donors (Lipinski definition) is 1. The SMILES string of the molecule is CCOc1ccc(CN(Cc2nc(C(=O)NC[C@H]3CCCO3)co2)[C@H](C)C(C)C)cc1. The van der Waals surface area contributed by atoms with Crippen LogP contribution in [0.2, 0.25) is 0 Å². The van der Waals surface area contributed by atoms with Gasteiger partial charge in [0.15, 0.2) is 5.69 Å². The Hall–Kier alpha value is -2.38. The zero-order chi connectivity index (χ0) is 22.2. The van der Waals surface area contributed by atoms with Crippen molar-refractivity contribution in [3.05, 3.63) is 47.7 Å². The molecule has 0 spiro atoms. The van der Waals surface area contributed by atoms with E-state index in [-0.39, 0.29) is 12.0 Å². The topological polar surface area (TPSA) is 76.8 Å². The molecular weight excluding hydrogens is 394 g/mol. The van der Waals surface area contributed by atoms with Crippen molar-refractivity contribution >= 4 is 5.91 Å². The van der Waals surface area contributed by atoms with Gasteiger partial charge < -0.3 is 19.2 Å². The van der Waals surface area contributed by atoms with Gasteiger partial charge in [-0.2, -0.15) is 0 Å². The summed E-state index contributed by atoms with van der Waals surface area (Å²) in [5.41, 5.74) is 1.50. The fourth-order valence-corrected chi connectivity index (χ4v) is 3.62. The number of amides is 1. The van der Waals surface area contributed by atoms with E-state index in [1.165, 1.54) is 11.8 Å². The van der Waals surface area contributed by atoms with Crippen molar-refractivity contribution in [2.75, 3.05) is 19.8 Å². The first kappa shape index (κ1) is 23.3. The van der Waals surface area contributed by atoms with Gasteiger partial charge in [0.2, 0.25) is 5.89 Å². The minimum atomic E-state index is -0.222. The van der Waals surface area contributed by atoms with E-state index in [0.717, 1.165) is 31.7 Å². The Labute approximate surface area is 185 Å². The molecule has 1 aliphatic rings. The summed E-state index contributed by atoms with van der Waals surface area (Å²) in [6, 6.07) is 8.49. The standard InChI is InChI=1S/C24H35N3O4/c1-5-29-20-10-8-19(9-11-20)14-27(18(4)17(2)3)15-23-26-22(16-31-23)24(28)25-13-21-7-6-12-30-21/h8-11,16-18,21H,5-7,12-15H2,1-4H3,(H,25,28)/t18-,21-/m1/s1. The van der Waals surface area contributed by atoms with E-state index in [1.807, 2.05) is 19.1 Å². The molecule has 2 aromatic rings. The number of carbonyl (C=O) groups excluding carboxylic acids is 1. The summed E-state index contributed by atoms with van der Waals surface area (Å²) in [7, 11) is 0. The quantitative estimate of drug-likeness (QED) is 0.581. The van der Waals surface area contributed by atoms with Crippen molar-refractivity contribution in [2.24, 2.45) is 5.92 Å². The molecule has 7 heteroatoms. The molecule has 0 aliphatic carbocycles. The molecule has 1 aromatic carbocycles. The summed E-state index contributed by atoms with van der Waals surface area (Å²) in [6.45, 7) is 11.8. The fourth-order valence-electron chi connectivity index (χ4n) is 3.62. The van der Waals surface area contributed by atoms with Crippen molar-refractivity contribution in [1.82, 2.24) is 15.2 Å². The molecule has 1 aliphatic heterocycles. The summed E-state index contributed by atoms with van der Waals surface area (Å²) in [5.74, 6) is 1.66. The van der Waals surface area contributed by atoms with E-state index in [4.69, 9.17) is 13.9 Å². The van der Waals surface area contributed by atoms with Crippen LogP contribution < -0.4 is 10.1 Å². The number of benzene rings is 1. The van der Waals surface area contributed by atoms with Crippen LogP contribution in [0.5, 0.6) is 5.75 Å². The Morgan fingerprint density at radius 2 is 2.03 bits per heavy atom. The molecule has 0 saturated carbocycles. The van der Waals surface area contributed by atoms with E-state index in [9.17, 15) is 4.79 Å². The van der Waals surface area contributed by atoms with Crippen LogP contribution >= 0.6 is 0 Å². The van der Waals surface area contributed by atoms with Crippen molar-refractivity contribution < 1.29 is 18.7 Å². The van der Waals surface area contributed by atoms with E-state index in [0.29, 0.717) is 43.2 Å². The molecule has 3 rings (SSSR count). The predicted octanol–water partition coefficient (Wildman–Crippen LogP) is 4.03. The first-order chi connectivity index (χ1) is 15.0. The number of aromatic nitrogens is 1. The number of carbonyl (C=O) groups is 1. The minimum absolute atomic E-state index is 0.104. The van der Waals surface area contributed by atoms with Gasteiger partial charge in [-0.05, 0) is 50.3 Å². The number of rotatable bonds is 11. The molecule has 170 valence electrons. The third-order valence-electron chi connectivity index (χ3n) is 5.80. The smallest absolute Gasteiger partial charge is 0.273 e. The monoisotopic (exact) mass is 429 g/mol. The van der Waals surface area contributed by atoms with Gasteiger partial charge >= 0.3 is 0 Å². The highest BCUT2D eigenvalue weighted by atomic mass is 16.5. The van der Waals surface area contributed by atoms with E-state index in [2.05, 4.69) is 48.1 Å². The number of hydrogen-bond acceptors (Lipinski definition) is 6. The maximum absolute atomic E-state index is 12.4. The summed E-state index contributed by atoms with van der Waals surface area (Å²) >= 11 is 0. The van der Waals surface area contributed by atoms with Gasteiger partial charge in [0.05, 0.1) is 19.3 Å². The highest BCUT2D eigenvalue weighted by molar-refractivity contribution is 5.91. The molecule has 1 N–H and O–H groups in total. The molecule has 2 heterocycles. The molecule has 0 bridgehead atoms. The molecule has 2 atom stereocenters. The lowest BCUT2D eigenvalue weighted by Gasteiger charge is -2.30. The van der Waals surface area contributed by atoms with Gasteiger partial charge in [-0.1, -0.05) is 26.0 Å². The second-order valence-electron chi connectivity index (χ2n) is 8.44. The van der Waals surface area contributed by atoms with E-state index >= 15 is 0 Å². The van der Waals surface area contributed by atoms with Gasteiger partial charge in [0, 0.05) is 25.7 Å². The zero-order valence-electron chi connectivity index (χ0n) is 19.1. The molecular formula is C24H35N3O4. The number of ether oxygens (including phenoxy) is 2. The van der Waals surface area contributed by atoms with Gasteiger partial charge in [-0.25, -0.2) is 4.98 Å². The van der Waals surface area contributed by atoms with Crippen molar-refractivity contribution in [2.45, 2.75) is 65.8 Å². The fraction of sp³-hybridized carbons (Fsp3) is 0.583. The van der Waals surface area contributed by atoms with E-state index < -0.39 is 0 Å². The van der Waals surface area contributed by atoms with Gasteiger partial charge in [0.25, 0.3) is 5.91 Å². The van der Waals surface area contributed by atoms with Crippen molar-refractivity contribution in [3.63, 3.8) is 0 Å². The Balaban J connectivity index is 1.62. The lowest BCUT2D eigenvalue weighted by Crippen LogP contribution is -2.36. The summed E-state index contributed by atoms with van der Waals surface area (Å²) in [4.78, 5) is 19.2. The Bertz CT molecular complexity index is 812. The average molecular weight is 430 g/mol. The maximum atomic E-state index is 12.4. The molecule has 1 fully saturated rings. The lowest BCUT2D eigenvalue weighted by atomic mass is 10.0. The second-order valence-corrected chi connectivity index (χ2v) is 8.44. The number of oxazole rings is 1. The molecule has 1 amide bonds. The maximum Gasteiger partial charge on any atom is 0.273 e. The number of nitrogens with one attached hydrogen (secondary N) is 1. The van der Waals surface area contributed by atoms with Crippen LogP contribution in [0.25, 0.3) is 0 Å². The lowest BCUT2D eigenvalue weighted by molar-refractivity contribution is 0.0853. The van der Waals surface area contributed by atoms with E-state index in [1.54, 1.807) is 0 Å². The van der Waals surface area contributed by atoms with Crippen LogP contribution in [0.3, 0.4) is 0 Å². The third-order valence-corrected chi connectivity index (χ3v) is 5.80. The molecule has 0 radical (unpaired) electrons. The number of nitrogens with zero attached hydrogens (tertiary/aromatic N) is 2.